The van der Waals surface area contributed by atoms with Crippen LogP contribution >= 0.6 is 0 Å². The average molecular weight is 409 g/mol. The molecule has 0 aliphatic carbocycles. The summed E-state index contributed by atoms with van der Waals surface area (Å²) in [7, 11) is 1.58. The number of aromatic nitrogens is 2. The van der Waals surface area contributed by atoms with Gasteiger partial charge in [-0.1, -0.05) is 18.2 Å². The van der Waals surface area contributed by atoms with E-state index >= 15 is 0 Å². The van der Waals surface area contributed by atoms with Gasteiger partial charge >= 0.3 is 0 Å². The molecule has 3 aromatic rings. The summed E-state index contributed by atoms with van der Waals surface area (Å²) in [5.41, 5.74) is 2.22. The zero-order valence-corrected chi connectivity index (χ0v) is 17.9. The predicted molar refractivity (Wildman–Crippen MR) is 116 cm³/mol. The summed E-state index contributed by atoms with van der Waals surface area (Å²) in [6.45, 7) is 7.56. The number of rotatable bonds is 7. The maximum Gasteiger partial charge on any atom is 0.261 e. The van der Waals surface area contributed by atoms with Gasteiger partial charge in [-0.25, -0.2) is 4.98 Å². The molecule has 0 bridgehead atoms. The van der Waals surface area contributed by atoms with Gasteiger partial charge < -0.3 is 14.8 Å². The smallest absolute Gasteiger partial charge is 0.261 e. The fourth-order valence-corrected chi connectivity index (χ4v) is 3.28. The highest BCUT2D eigenvalue weighted by atomic mass is 16.5. The molecule has 0 saturated heterocycles. The molecule has 1 N–H and O–H groups in total. The molecule has 2 aromatic carbocycles. The summed E-state index contributed by atoms with van der Waals surface area (Å²) in [5, 5.41) is 3.42. The molecule has 1 aromatic heterocycles. The zero-order valence-electron chi connectivity index (χ0n) is 17.9. The van der Waals surface area contributed by atoms with Crippen LogP contribution in [0, 0.1) is 6.92 Å². The lowest BCUT2D eigenvalue weighted by atomic mass is 10.1. The van der Waals surface area contributed by atoms with Gasteiger partial charge in [0.15, 0.2) is 11.5 Å². The number of carbonyl (C=O) groups is 1. The van der Waals surface area contributed by atoms with Crippen LogP contribution in [0.25, 0.3) is 10.9 Å². The molecule has 158 valence electrons. The van der Waals surface area contributed by atoms with Gasteiger partial charge in [0.05, 0.1) is 36.5 Å². The highest BCUT2D eigenvalue weighted by Crippen LogP contribution is 2.31. The summed E-state index contributed by atoms with van der Waals surface area (Å²) in [4.78, 5) is 29.6. The van der Waals surface area contributed by atoms with Crippen molar-refractivity contribution in [2.24, 2.45) is 0 Å². The quantitative estimate of drug-likeness (QED) is 0.647. The third-order valence-electron chi connectivity index (χ3n) is 4.80. The molecule has 0 spiro atoms. The standard InChI is InChI=1S/C23H27N3O4/c1-14(2)30-19-10-9-17(11-20(19)29-5)16(4)25-21(27)12-26-13-24-22-15(3)7-6-8-18(22)23(26)28/h6-11,13-14,16H,12H2,1-5H3,(H,25,27). The molecule has 7 nitrogen and oxygen atoms in total. The third-order valence-corrected chi connectivity index (χ3v) is 4.80. The molecule has 0 radical (unpaired) electrons. The minimum Gasteiger partial charge on any atom is -0.493 e. The van der Waals surface area contributed by atoms with Crippen molar-refractivity contribution >= 4 is 16.8 Å². The Morgan fingerprint density at radius 3 is 2.63 bits per heavy atom. The van der Waals surface area contributed by atoms with Crippen molar-refractivity contribution in [1.82, 2.24) is 14.9 Å². The summed E-state index contributed by atoms with van der Waals surface area (Å²) in [5.74, 6) is 0.978. The summed E-state index contributed by atoms with van der Waals surface area (Å²) in [6, 6.07) is 10.7. The van der Waals surface area contributed by atoms with Gasteiger partial charge in [0.1, 0.15) is 6.54 Å². The Labute approximate surface area is 175 Å². The van der Waals surface area contributed by atoms with Crippen LogP contribution in [0.1, 0.15) is 37.9 Å². The van der Waals surface area contributed by atoms with Crippen molar-refractivity contribution in [3.63, 3.8) is 0 Å². The molecular weight excluding hydrogens is 382 g/mol. The Hall–Kier alpha value is -3.35. The molecule has 1 heterocycles. The van der Waals surface area contributed by atoms with Crippen molar-refractivity contribution in [1.29, 1.82) is 0 Å². The van der Waals surface area contributed by atoms with E-state index in [0.29, 0.717) is 22.4 Å². The monoisotopic (exact) mass is 409 g/mol. The fourth-order valence-electron chi connectivity index (χ4n) is 3.28. The van der Waals surface area contributed by atoms with E-state index in [0.717, 1.165) is 11.1 Å². The average Bonchev–Trinajstić information content (AvgIpc) is 2.70. The number of nitrogens with one attached hydrogen (secondary N) is 1. The first-order valence-electron chi connectivity index (χ1n) is 9.89. The largest absolute Gasteiger partial charge is 0.493 e. The van der Waals surface area contributed by atoms with E-state index < -0.39 is 0 Å². The number of hydrogen-bond donors (Lipinski definition) is 1. The number of hydrogen-bond acceptors (Lipinski definition) is 5. The lowest BCUT2D eigenvalue weighted by Gasteiger charge is -2.18. The van der Waals surface area contributed by atoms with Gasteiger partial charge in [-0.05, 0) is 57.0 Å². The fraction of sp³-hybridized carbons (Fsp3) is 0.348. The molecule has 3 rings (SSSR count). The van der Waals surface area contributed by atoms with Crippen LogP contribution in [0.5, 0.6) is 11.5 Å². The Morgan fingerprint density at radius 1 is 1.17 bits per heavy atom. The number of benzene rings is 2. The van der Waals surface area contributed by atoms with Crippen LogP contribution in [0.4, 0.5) is 0 Å². The Bertz CT molecular complexity index is 1120. The van der Waals surface area contributed by atoms with Crippen LogP contribution in [0.3, 0.4) is 0 Å². The topological polar surface area (TPSA) is 82.5 Å². The first-order valence-corrected chi connectivity index (χ1v) is 9.89. The van der Waals surface area contributed by atoms with Gasteiger partial charge in [0.25, 0.3) is 5.56 Å². The lowest BCUT2D eigenvalue weighted by Crippen LogP contribution is -2.34. The maximum absolute atomic E-state index is 12.7. The number of methoxy groups -OCH3 is 1. The first kappa shape index (κ1) is 21.4. The third kappa shape index (κ3) is 4.62. The zero-order chi connectivity index (χ0) is 21.8. The van der Waals surface area contributed by atoms with Crippen LogP contribution in [-0.4, -0.2) is 28.7 Å². The Morgan fingerprint density at radius 2 is 1.93 bits per heavy atom. The Kier molecular flexibility index (Phi) is 6.40. The number of para-hydroxylation sites is 1. The van der Waals surface area contributed by atoms with E-state index in [1.165, 1.54) is 10.9 Å². The van der Waals surface area contributed by atoms with Gasteiger partial charge in [0.2, 0.25) is 5.91 Å². The van der Waals surface area contributed by atoms with E-state index in [9.17, 15) is 9.59 Å². The minimum absolute atomic E-state index is 0.0274. The molecule has 30 heavy (non-hydrogen) atoms. The van der Waals surface area contributed by atoms with Gasteiger partial charge in [0, 0.05) is 0 Å². The van der Waals surface area contributed by atoms with Crippen molar-refractivity contribution in [3.8, 4) is 11.5 Å². The molecule has 1 atom stereocenters. The second-order valence-electron chi connectivity index (χ2n) is 7.51. The molecule has 0 aliphatic heterocycles. The normalized spacial score (nSPS) is 12.1. The number of amides is 1. The lowest BCUT2D eigenvalue weighted by molar-refractivity contribution is -0.122. The van der Waals surface area contributed by atoms with E-state index in [4.69, 9.17) is 9.47 Å². The Balaban J connectivity index is 1.74. The highest BCUT2D eigenvalue weighted by Gasteiger charge is 2.15. The SMILES string of the molecule is COc1cc(C(C)NC(=O)Cn2cnc3c(C)cccc3c2=O)ccc1OC(C)C. The first-order chi connectivity index (χ1) is 14.3. The molecule has 7 heteroatoms. The second-order valence-corrected chi connectivity index (χ2v) is 7.51. The van der Waals surface area contributed by atoms with Crippen molar-refractivity contribution < 1.29 is 14.3 Å². The summed E-state index contributed by atoms with van der Waals surface area (Å²) in [6.07, 6.45) is 1.45. The number of carbonyl (C=O) groups excluding carboxylic acids is 1. The molecule has 0 aliphatic rings. The summed E-state index contributed by atoms with van der Waals surface area (Å²) >= 11 is 0. The molecular formula is C23H27N3O4. The van der Waals surface area contributed by atoms with E-state index in [-0.39, 0.29) is 30.2 Å². The van der Waals surface area contributed by atoms with Crippen molar-refractivity contribution in [3.05, 3.63) is 64.2 Å². The maximum atomic E-state index is 12.7. The van der Waals surface area contributed by atoms with Gasteiger partial charge in [-0.2, -0.15) is 0 Å². The van der Waals surface area contributed by atoms with Gasteiger partial charge in [-0.3, -0.25) is 14.2 Å². The van der Waals surface area contributed by atoms with Crippen molar-refractivity contribution in [2.45, 2.75) is 46.4 Å². The number of nitrogens with zero attached hydrogens (tertiary/aromatic N) is 2. The highest BCUT2D eigenvalue weighted by molar-refractivity contribution is 5.81. The van der Waals surface area contributed by atoms with E-state index in [2.05, 4.69) is 10.3 Å². The molecule has 1 amide bonds. The van der Waals surface area contributed by atoms with Crippen LogP contribution in [0.2, 0.25) is 0 Å². The minimum atomic E-state index is -0.278. The second kappa shape index (κ2) is 8.98. The van der Waals surface area contributed by atoms with Crippen LogP contribution < -0.4 is 20.3 Å². The van der Waals surface area contributed by atoms with Crippen molar-refractivity contribution in [2.75, 3.05) is 7.11 Å². The van der Waals surface area contributed by atoms with E-state index in [1.807, 2.05) is 58.0 Å². The number of aryl methyl sites for hydroxylation is 1. The molecule has 0 saturated carbocycles. The molecule has 0 fully saturated rings. The number of ether oxygens (including phenoxy) is 2. The predicted octanol–water partition coefficient (Wildman–Crippen LogP) is 3.38. The van der Waals surface area contributed by atoms with E-state index in [1.54, 1.807) is 13.2 Å². The van der Waals surface area contributed by atoms with Crippen LogP contribution in [0.15, 0.2) is 47.5 Å². The molecule has 1 unspecified atom stereocenters. The summed E-state index contributed by atoms with van der Waals surface area (Å²) < 4.78 is 12.5. The number of fused-ring (bicyclic) bond motifs is 1. The van der Waals surface area contributed by atoms with Crippen LogP contribution in [-0.2, 0) is 11.3 Å². The van der Waals surface area contributed by atoms with Gasteiger partial charge in [-0.15, -0.1) is 0 Å².